The summed E-state index contributed by atoms with van der Waals surface area (Å²) in [5.41, 5.74) is 0.877. The second-order valence-electron chi connectivity index (χ2n) is 5.26. The molecule has 1 amide bonds. The van der Waals surface area contributed by atoms with Crippen molar-refractivity contribution in [1.82, 2.24) is 5.32 Å². The van der Waals surface area contributed by atoms with E-state index in [0.717, 1.165) is 5.56 Å². The zero-order chi connectivity index (χ0) is 18.9. The average molecular weight is 354 g/mol. The fourth-order valence-electron chi connectivity index (χ4n) is 2.10. The number of anilines is 1. The van der Waals surface area contributed by atoms with Gasteiger partial charge in [-0.25, -0.2) is 4.39 Å². The maximum Gasteiger partial charge on any atom is 0.269 e. The SMILES string of the molecule is N#C/C(=C/NCCc1cccc(F)c1)C(=O)Nc1ccc([N+](=O)[O-])cc1. The van der Waals surface area contributed by atoms with Crippen LogP contribution in [0.15, 0.2) is 60.3 Å². The Labute approximate surface area is 148 Å². The standard InChI is InChI=1S/C18H15FN4O3/c19-15-3-1-2-13(10-15)8-9-21-12-14(11-20)18(24)22-16-4-6-17(7-5-16)23(25)26/h1-7,10,12,21H,8-9H2,(H,22,24)/b14-12-. The van der Waals surface area contributed by atoms with Crippen LogP contribution in [-0.4, -0.2) is 17.4 Å². The molecule has 0 fully saturated rings. The average Bonchev–Trinajstić information content (AvgIpc) is 2.62. The first-order chi connectivity index (χ1) is 12.5. The summed E-state index contributed by atoms with van der Waals surface area (Å²) in [4.78, 5) is 22.1. The lowest BCUT2D eigenvalue weighted by atomic mass is 10.1. The van der Waals surface area contributed by atoms with Gasteiger partial charge in [-0.05, 0) is 36.2 Å². The number of nitro groups is 1. The van der Waals surface area contributed by atoms with Gasteiger partial charge in [0.1, 0.15) is 17.5 Å². The molecule has 0 radical (unpaired) electrons. The van der Waals surface area contributed by atoms with Gasteiger partial charge in [-0.1, -0.05) is 12.1 Å². The van der Waals surface area contributed by atoms with Gasteiger partial charge in [-0.2, -0.15) is 5.26 Å². The van der Waals surface area contributed by atoms with Crippen molar-refractivity contribution in [3.8, 4) is 6.07 Å². The van der Waals surface area contributed by atoms with Crippen LogP contribution < -0.4 is 10.6 Å². The molecule has 0 unspecified atom stereocenters. The highest BCUT2D eigenvalue weighted by Crippen LogP contribution is 2.15. The summed E-state index contributed by atoms with van der Waals surface area (Å²) < 4.78 is 13.1. The van der Waals surface area contributed by atoms with Crippen LogP contribution in [-0.2, 0) is 11.2 Å². The van der Waals surface area contributed by atoms with E-state index >= 15 is 0 Å². The molecule has 0 spiro atoms. The lowest BCUT2D eigenvalue weighted by molar-refractivity contribution is -0.384. The predicted octanol–water partition coefficient (Wildman–Crippen LogP) is 2.91. The topological polar surface area (TPSA) is 108 Å². The van der Waals surface area contributed by atoms with Gasteiger partial charge < -0.3 is 10.6 Å². The quantitative estimate of drug-likeness (QED) is 0.261. The van der Waals surface area contributed by atoms with Crippen molar-refractivity contribution in [3.05, 3.63) is 81.8 Å². The van der Waals surface area contributed by atoms with Gasteiger partial charge in [-0.15, -0.1) is 0 Å². The number of hydrogen-bond acceptors (Lipinski definition) is 5. The van der Waals surface area contributed by atoms with Gasteiger partial charge in [0.25, 0.3) is 11.6 Å². The van der Waals surface area contributed by atoms with Crippen LogP contribution in [0.2, 0.25) is 0 Å². The molecule has 132 valence electrons. The number of carbonyl (C=O) groups is 1. The van der Waals surface area contributed by atoms with Crippen LogP contribution in [0.5, 0.6) is 0 Å². The maximum absolute atomic E-state index is 13.1. The molecular weight excluding hydrogens is 339 g/mol. The van der Waals surface area contributed by atoms with Crippen LogP contribution in [0.1, 0.15) is 5.56 Å². The van der Waals surface area contributed by atoms with Gasteiger partial charge in [0.15, 0.2) is 0 Å². The Balaban J connectivity index is 1.90. The minimum atomic E-state index is -0.639. The Morgan fingerprint density at radius 1 is 1.27 bits per heavy atom. The van der Waals surface area contributed by atoms with E-state index in [0.29, 0.717) is 18.7 Å². The number of nitro benzene ring substituents is 1. The van der Waals surface area contributed by atoms with Gasteiger partial charge >= 0.3 is 0 Å². The van der Waals surface area contributed by atoms with E-state index < -0.39 is 10.8 Å². The monoisotopic (exact) mass is 354 g/mol. The first-order valence-corrected chi connectivity index (χ1v) is 7.63. The van der Waals surface area contributed by atoms with Gasteiger partial charge in [0.05, 0.1) is 4.92 Å². The summed E-state index contributed by atoms with van der Waals surface area (Å²) in [5.74, 6) is -0.960. The van der Waals surface area contributed by atoms with Crippen LogP contribution in [0.3, 0.4) is 0 Å². The number of nitrogens with one attached hydrogen (secondary N) is 2. The van der Waals surface area contributed by atoms with Crippen LogP contribution in [0.25, 0.3) is 0 Å². The number of non-ortho nitro benzene ring substituents is 1. The molecule has 2 aromatic carbocycles. The highest BCUT2D eigenvalue weighted by molar-refractivity contribution is 6.06. The minimum absolute atomic E-state index is 0.0990. The lowest BCUT2D eigenvalue weighted by Gasteiger charge is -2.05. The Bertz CT molecular complexity index is 873. The van der Waals surface area contributed by atoms with Crippen molar-refractivity contribution >= 4 is 17.3 Å². The number of amides is 1. The summed E-state index contributed by atoms with van der Waals surface area (Å²) in [6, 6.07) is 13.2. The van der Waals surface area contributed by atoms with E-state index in [2.05, 4.69) is 10.6 Å². The van der Waals surface area contributed by atoms with Crippen molar-refractivity contribution in [2.24, 2.45) is 0 Å². The Morgan fingerprint density at radius 3 is 2.62 bits per heavy atom. The van der Waals surface area contributed by atoms with Gasteiger partial charge in [0, 0.05) is 30.6 Å². The molecule has 0 heterocycles. The number of rotatable bonds is 7. The zero-order valence-corrected chi connectivity index (χ0v) is 13.6. The largest absolute Gasteiger partial charge is 0.389 e. The van der Waals surface area contributed by atoms with Crippen LogP contribution in [0, 0.1) is 27.3 Å². The third-order valence-electron chi connectivity index (χ3n) is 3.39. The van der Waals surface area contributed by atoms with Crippen molar-refractivity contribution in [2.75, 3.05) is 11.9 Å². The lowest BCUT2D eigenvalue weighted by Crippen LogP contribution is -2.18. The molecule has 2 rings (SSSR count). The maximum atomic E-state index is 13.1. The minimum Gasteiger partial charge on any atom is -0.389 e. The van der Waals surface area contributed by atoms with Crippen molar-refractivity contribution in [3.63, 3.8) is 0 Å². The molecular formula is C18H15FN4O3. The summed E-state index contributed by atoms with van der Waals surface area (Å²) in [5, 5.41) is 25.0. The van der Waals surface area contributed by atoms with E-state index in [9.17, 15) is 19.3 Å². The molecule has 0 bridgehead atoms. The molecule has 26 heavy (non-hydrogen) atoms. The molecule has 2 N–H and O–H groups in total. The molecule has 0 aliphatic rings. The molecule has 0 aliphatic carbocycles. The van der Waals surface area contributed by atoms with E-state index in [4.69, 9.17) is 5.26 Å². The number of carbonyl (C=O) groups excluding carboxylic acids is 1. The van der Waals surface area contributed by atoms with Crippen molar-refractivity contribution in [2.45, 2.75) is 6.42 Å². The number of nitriles is 1. The molecule has 0 saturated heterocycles. The Hall–Kier alpha value is -3.73. The molecule has 0 saturated carbocycles. The summed E-state index contributed by atoms with van der Waals surface area (Å²) in [6.45, 7) is 0.416. The number of benzene rings is 2. The van der Waals surface area contributed by atoms with E-state index in [-0.39, 0.29) is 17.1 Å². The zero-order valence-electron chi connectivity index (χ0n) is 13.6. The second kappa shape index (κ2) is 8.94. The summed E-state index contributed by atoms with van der Waals surface area (Å²) >= 11 is 0. The molecule has 7 nitrogen and oxygen atoms in total. The molecule has 0 aromatic heterocycles. The molecule has 2 aromatic rings. The Kier molecular flexibility index (Phi) is 6.40. The van der Waals surface area contributed by atoms with Gasteiger partial charge in [-0.3, -0.25) is 14.9 Å². The fraction of sp³-hybridized carbons (Fsp3) is 0.111. The smallest absolute Gasteiger partial charge is 0.269 e. The van der Waals surface area contributed by atoms with Gasteiger partial charge in [0.2, 0.25) is 0 Å². The molecule has 0 atom stereocenters. The third kappa shape index (κ3) is 5.42. The third-order valence-corrected chi connectivity index (χ3v) is 3.39. The van der Waals surface area contributed by atoms with Crippen LogP contribution >= 0.6 is 0 Å². The van der Waals surface area contributed by atoms with Crippen LogP contribution in [0.4, 0.5) is 15.8 Å². The van der Waals surface area contributed by atoms with E-state index in [1.165, 1.54) is 42.6 Å². The summed E-state index contributed by atoms with van der Waals surface area (Å²) in [6.07, 6.45) is 1.80. The highest BCUT2D eigenvalue weighted by Gasteiger charge is 2.10. The normalized spacial score (nSPS) is 10.7. The number of nitrogens with zero attached hydrogens (tertiary/aromatic N) is 2. The highest BCUT2D eigenvalue weighted by atomic mass is 19.1. The first kappa shape index (κ1) is 18.6. The fourth-order valence-corrected chi connectivity index (χ4v) is 2.10. The van der Waals surface area contributed by atoms with Crippen molar-refractivity contribution < 1.29 is 14.1 Å². The van der Waals surface area contributed by atoms with Crippen molar-refractivity contribution in [1.29, 1.82) is 5.26 Å². The first-order valence-electron chi connectivity index (χ1n) is 7.63. The Morgan fingerprint density at radius 2 is 2.00 bits per heavy atom. The molecule has 8 heteroatoms. The summed E-state index contributed by atoms with van der Waals surface area (Å²) in [7, 11) is 0. The molecule has 0 aliphatic heterocycles. The predicted molar refractivity (Wildman–Crippen MR) is 93.5 cm³/mol. The van der Waals surface area contributed by atoms with E-state index in [1.54, 1.807) is 18.2 Å². The number of halogens is 1. The second-order valence-corrected chi connectivity index (χ2v) is 5.26. The van der Waals surface area contributed by atoms with E-state index in [1.807, 2.05) is 0 Å². The number of hydrogen-bond donors (Lipinski definition) is 2.